The predicted molar refractivity (Wildman–Crippen MR) is 139 cm³/mol. The molecule has 18 heteroatoms. The number of rotatable bonds is 2. The molecule has 3 aliphatic heterocycles. The summed E-state index contributed by atoms with van der Waals surface area (Å²) in [6, 6.07) is 1.83. The van der Waals surface area contributed by atoms with E-state index in [1.165, 1.54) is 0 Å². The van der Waals surface area contributed by atoms with Crippen LogP contribution in [0.5, 0.6) is 0 Å². The Morgan fingerprint density at radius 2 is 1.52 bits per heavy atom. The van der Waals surface area contributed by atoms with Crippen LogP contribution in [0.2, 0.25) is 0 Å². The number of aryl methyl sites for hydroxylation is 2. The van der Waals surface area contributed by atoms with E-state index in [2.05, 4.69) is 21.8 Å². The standard InChI is InChI=1S/C22H29N5O3.2C2HF3O2/c1-15-10-18(16(2)30-15)20(28)27-5-4-22(13-27)14-29-12-17-11-23-21(24-19(17)22)26-8-6-25(3)7-9-26;2*3-2(4,5)1(6)7/h10-11H,4-9,12-14H2,1-3H3;2*(H,6,7). The zero-order valence-corrected chi connectivity index (χ0v) is 24.0. The summed E-state index contributed by atoms with van der Waals surface area (Å²) in [4.78, 5) is 47.1. The van der Waals surface area contributed by atoms with Crippen molar-refractivity contribution in [1.29, 1.82) is 0 Å². The first-order valence-corrected chi connectivity index (χ1v) is 13.2. The molecule has 244 valence electrons. The van der Waals surface area contributed by atoms with Gasteiger partial charge < -0.3 is 34.1 Å². The zero-order valence-electron chi connectivity index (χ0n) is 24.0. The third-order valence-electron chi connectivity index (χ3n) is 7.17. The topological polar surface area (TPSA) is 150 Å². The zero-order chi connectivity index (χ0) is 33.0. The molecule has 2 aromatic rings. The number of fused-ring (bicyclic) bond motifs is 2. The Morgan fingerprint density at radius 3 is 2.02 bits per heavy atom. The molecule has 2 aromatic heterocycles. The number of carbonyl (C=O) groups excluding carboxylic acids is 1. The molecule has 0 aliphatic carbocycles. The van der Waals surface area contributed by atoms with E-state index in [-0.39, 0.29) is 11.3 Å². The van der Waals surface area contributed by atoms with Crippen molar-refractivity contribution in [3.8, 4) is 0 Å². The van der Waals surface area contributed by atoms with E-state index in [4.69, 9.17) is 33.9 Å². The Morgan fingerprint density at radius 1 is 0.955 bits per heavy atom. The van der Waals surface area contributed by atoms with Crippen LogP contribution in [-0.4, -0.2) is 113 Å². The second-order valence-corrected chi connectivity index (χ2v) is 10.5. The highest BCUT2D eigenvalue weighted by atomic mass is 19.4. The van der Waals surface area contributed by atoms with Gasteiger partial charge in [-0.1, -0.05) is 0 Å². The Labute approximate surface area is 247 Å². The molecule has 1 spiro atoms. The SMILES string of the molecule is Cc1cc(C(=O)N2CCC3(COCc4cnc(N5CCN(C)CC5)nc43)C2)c(C)o1.O=C(O)C(F)(F)F.O=C(O)C(F)(F)F. The molecule has 0 radical (unpaired) electrons. The fourth-order valence-electron chi connectivity index (χ4n) is 4.92. The van der Waals surface area contributed by atoms with Crippen LogP contribution in [0.25, 0.3) is 0 Å². The van der Waals surface area contributed by atoms with Crippen molar-refractivity contribution in [2.24, 2.45) is 0 Å². The number of ether oxygens (including phenoxy) is 1. The number of nitrogens with zero attached hydrogens (tertiary/aromatic N) is 5. The van der Waals surface area contributed by atoms with Gasteiger partial charge in [-0.15, -0.1) is 0 Å². The van der Waals surface area contributed by atoms with Crippen LogP contribution in [0, 0.1) is 13.8 Å². The fourth-order valence-corrected chi connectivity index (χ4v) is 4.92. The molecule has 2 saturated heterocycles. The number of halogens is 6. The Kier molecular flexibility index (Phi) is 10.5. The largest absolute Gasteiger partial charge is 0.490 e. The second kappa shape index (κ2) is 13.4. The lowest BCUT2D eigenvalue weighted by Gasteiger charge is -2.36. The number of alkyl halides is 6. The molecule has 5 rings (SSSR count). The maximum absolute atomic E-state index is 13.1. The summed E-state index contributed by atoms with van der Waals surface area (Å²) in [6.45, 7) is 10.0. The van der Waals surface area contributed by atoms with Gasteiger partial charge in [0.15, 0.2) is 0 Å². The first-order chi connectivity index (χ1) is 20.3. The van der Waals surface area contributed by atoms with Gasteiger partial charge in [-0.05, 0) is 33.4 Å². The molecule has 1 amide bonds. The number of likely N-dealkylation sites (tertiary alicyclic amines) is 1. The van der Waals surface area contributed by atoms with Gasteiger partial charge in [-0.2, -0.15) is 26.3 Å². The third-order valence-corrected chi connectivity index (χ3v) is 7.17. The normalized spacial score (nSPS) is 20.3. The maximum Gasteiger partial charge on any atom is 0.490 e. The predicted octanol–water partition coefficient (Wildman–Crippen LogP) is 3.02. The summed E-state index contributed by atoms with van der Waals surface area (Å²) in [6.07, 6.45) is -7.40. The number of amides is 1. The molecule has 2 fully saturated rings. The lowest BCUT2D eigenvalue weighted by Crippen LogP contribution is -2.46. The number of carbonyl (C=O) groups is 3. The van der Waals surface area contributed by atoms with Crippen molar-refractivity contribution in [3.05, 3.63) is 40.6 Å². The lowest BCUT2D eigenvalue weighted by atomic mass is 9.80. The van der Waals surface area contributed by atoms with E-state index >= 15 is 0 Å². The lowest BCUT2D eigenvalue weighted by molar-refractivity contribution is -0.193. The van der Waals surface area contributed by atoms with Crippen LogP contribution in [-0.2, 0) is 26.3 Å². The van der Waals surface area contributed by atoms with Gasteiger partial charge in [-0.3, -0.25) is 4.79 Å². The van der Waals surface area contributed by atoms with Gasteiger partial charge in [0.2, 0.25) is 5.95 Å². The first-order valence-electron chi connectivity index (χ1n) is 13.2. The quantitative estimate of drug-likeness (QED) is 0.467. The molecular weight excluding hydrogens is 608 g/mol. The number of carboxylic acid groups (broad SMARTS) is 2. The number of likely N-dealkylation sites (N-methyl/N-ethyl adjacent to an activating group) is 1. The van der Waals surface area contributed by atoms with Crippen LogP contribution in [0.15, 0.2) is 16.7 Å². The van der Waals surface area contributed by atoms with E-state index in [0.717, 1.165) is 55.6 Å². The van der Waals surface area contributed by atoms with E-state index in [9.17, 15) is 31.1 Å². The Balaban J connectivity index is 0.000000317. The molecule has 44 heavy (non-hydrogen) atoms. The van der Waals surface area contributed by atoms with Crippen molar-refractivity contribution >= 4 is 23.8 Å². The average molecular weight is 640 g/mol. The van der Waals surface area contributed by atoms with Crippen LogP contribution in [0.3, 0.4) is 0 Å². The molecule has 0 bridgehead atoms. The van der Waals surface area contributed by atoms with Crippen LogP contribution >= 0.6 is 0 Å². The Hall–Kier alpha value is -3.93. The number of furan rings is 1. The summed E-state index contributed by atoms with van der Waals surface area (Å²) in [5.41, 5.74) is 2.50. The summed E-state index contributed by atoms with van der Waals surface area (Å²) < 4.78 is 75.0. The minimum Gasteiger partial charge on any atom is -0.475 e. The van der Waals surface area contributed by atoms with E-state index in [0.29, 0.717) is 37.6 Å². The summed E-state index contributed by atoms with van der Waals surface area (Å²) in [5.74, 6) is -3.24. The van der Waals surface area contributed by atoms with Crippen molar-refractivity contribution in [1.82, 2.24) is 19.8 Å². The molecule has 3 aliphatic rings. The summed E-state index contributed by atoms with van der Waals surface area (Å²) >= 11 is 0. The monoisotopic (exact) mass is 639 g/mol. The highest BCUT2D eigenvalue weighted by molar-refractivity contribution is 5.95. The highest BCUT2D eigenvalue weighted by Crippen LogP contribution is 2.40. The minimum atomic E-state index is -5.08. The highest BCUT2D eigenvalue weighted by Gasteiger charge is 2.47. The van der Waals surface area contributed by atoms with Crippen molar-refractivity contribution in [2.45, 2.75) is 44.6 Å². The van der Waals surface area contributed by atoms with Gasteiger partial charge in [0.25, 0.3) is 5.91 Å². The fraction of sp³-hybridized carbons (Fsp3) is 0.577. The van der Waals surface area contributed by atoms with Gasteiger partial charge in [-0.25, -0.2) is 19.6 Å². The molecule has 12 nitrogen and oxygen atoms in total. The second-order valence-electron chi connectivity index (χ2n) is 10.5. The van der Waals surface area contributed by atoms with Crippen LogP contribution in [0.1, 0.15) is 39.6 Å². The number of carboxylic acids is 2. The molecular formula is C26H31F6N5O7. The number of piperazine rings is 1. The van der Waals surface area contributed by atoms with Crippen molar-refractivity contribution in [2.75, 3.05) is 57.8 Å². The molecule has 1 atom stereocenters. The third kappa shape index (κ3) is 8.37. The number of hydrogen-bond donors (Lipinski definition) is 2. The molecule has 1 unspecified atom stereocenters. The average Bonchev–Trinajstić information content (AvgIpc) is 3.51. The Bertz CT molecular complexity index is 1330. The van der Waals surface area contributed by atoms with Crippen molar-refractivity contribution in [3.63, 3.8) is 0 Å². The first kappa shape index (κ1) is 34.6. The van der Waals surface area contributed by atoms with Gasteiger partial charge in [0.1, 0.15) is 11.5 Å². The van der Waals surface area contributed by atoms with E-state index in [1.54, 1.807) is 0 Å². The van der Waals surface area contributed by atoms with Gasteiger partial charge >= 0.3 is 24.3 Å². The number of hydrogen-bond acceptors (Lipinski definition) is 9. The van der Waals surface area contributed by atoms with Crippen molar-refractivity contribution < 1.29 is 60.1 Å². The van der Waals surface area contributed by atoms with Gasteiger partial charge in [0, 0.05) is 51.0 Å². The van der Waals surface area contributed by atoms with Crippen LogP contribution in [0.4, 0.5) is 32.3 Å². The smallest absolute Gasteiger partial charge is 0.475 e. The summed E-state index contributed by atoms with van der Waals surface area (Å²) in [5, 5.41) is 14.2. The maximum atomic E-state index is 13.1. The van der Waals surface area contributed by atoms with Crippen LogP contribution < -0.4 is 4.90 Å². The van der Waals surface area contributed by atoms with E-state index in [1.807, 2.05) is 31.0 Å². The minimum absolute atomic E-state index is 0.0293. The molecule has 5 heterocycles. The number of aromatic nitrogens is 2. The number of anilines is 1. The molecule has 0 aromatic carbocycles. The number of aliphatic carboxylic acids is 2. The summed E-state index contributed by atoms with van der Waals surface area (Å²) in [7, 11) is 2.14. The molecule has 2 N–H and O–H groups in total. The van der Waals surface area contributed by atoms with E-state index < -0.39 is 24.3 Å². The van der Waals surface area contributed by atoms with Gasteiger partial charge in [0.05, 0.1) is 29.9 Å². The molecule has 0 saturated carbocycles.